The first kappa shape index (κ1) is 13.9. The number of nitrogens with one attached hydrogen (secondary N) is 1. The summed E-state index contributed by atoms with van der Waals surface area (Å²) in [5, 5.41) is 4.26. The highest BCUT2D eigenvalue weighted by Gasteiger charge is 2.09. The molecular weight excluding hydrogens is 258 g/mol. The Kier molecular flexibility index (Phi) is 4.83. The highest BCUT2D eigenvalue weighted by Crippen LogP contribution is 2.23. The van der Waals surface area contributed by atoms with E-state index in [4.69, 9.17) is 16.3 Å². The maximum atomic E-state index is 6.19. The smallest absolute Gasteiger partial charge is 0.123 e. The van der Waals surface area contributed by atoms with Gasteiger partial charge in [-0.25, -0.2) is 0 Å². The molecule has 0 aliphatic carbocycles. The van der Waals surface area contributed by atoms with E-state index >= 15 is 0 Å². The summed E-state index contributed by atoms with van der Waals surface area (Å²) in [6, 6.07) is 16.1. The molecule has 2 aromatic rings. The molecule has 0 saturated carbocycles. The van der Waals surface area contributed by atoms with Crippen LogP contribution in [0.25, 0.3) is 0 Å². The van der Waals surface area contributed by atoms with E-state index in [0.717, 1.165) is 28.4 Å². The minimum absolute atomic E-state index is 0.193. The number of rotatable bonds is 5. The SMILES string of the molecule is COc1ccccc1CN[C@H](C)c1ccccc1Cl. The number of benzene rings is 2. The van der Waals surface area contributed by atoms with Gasteiger partial charge >= 0.3 is 0 Å². The van der Waals surface area contributed by atoms with Gasteiger partial charge in [0.15, 0.2) is 0 Å². The van der Waals surface area contributed by atoms with Crippen LogP contribution in [-0.4, -0.2) is 7.11 Å². The molecule has 1 atom stereocenters. The summed E-state index contributed by atoms with van der Waals surface area (Å²) in [6.07, 6.45) is 0. The molecule has 100 valence electrons. The van der Waals surface area contributed by atoms with Crippen molar-refractivity contribution in [1.82, 2.24) is 5.32 Å². The Morgan fingerprint density at radius 2 is 1.79 bits per heavy atom. The summed E-state index contributed by atoms with van der Waals surface area (Å²) < 4.78 is 5.34. The Labute approximate surface area is 119 Å². The maximum absolute atomic E-state index is 6.19. The van der Waals surface area contributed by atoms with E-state index in [-0.39, 0.29) is 6.04 Å². The molecule has 19 heavy (non-hydrogen) atoms. The average molecular weight is 276 g/mol. The van der Waals surface area contributed by atoms with Gasteiger partial charge in [-0.1, -0.05) is 48.0 Å². The Morgan fingerprint density at radius 3 is 2.53 bits per heavy atom. The van der Waals surface area contributed by atoms with E-state index < -0.39 is 0 Å². The zero-order valence-electron chi connectivity index (χ0n) is 11.2. The minimum atomic E-state index is 0.193. The number of hydrogen-bond acceptors (Lipinski definition) is 2. The van der Waals surface area contributed by atoms with Gasteiger partial charge in [0.25, 0.3) is 0 Å². The van der Waals surface area contributed by atoms with Gasteiger partial charge in [-0.15, -0.1) is 0 Å². The van der Waals surface area contributed by atoms with E-state index in [1.165, 1.54) is 0 Å². The van der Waals surface area contributed by atoms with Gasteiger partial charge in [0, 0.05) is 23.2 Å². The monoisotopic (exact) mass is 275 g/mol. The second-order valence-corrected chi connectivity index (χ2v) is 4.84. The molecule has 2 rings (SSSR count). The van der Waals surface area contributed by atoms with Crippen LogP contribution in [0, 0.1) is 0 Å². The van der Waals surface area contributed by atoms with E-state index in [9.17, 15) is 0 Å². The molecule has 0 amide bonds. The molecule has 0 unspecified atom stereocenters. The fraction of sp³-hybridized carbons (Fsp3) is 0.250. The van der Waals surface area contributed by atoms with Gasteiger partial charge in [0.1, 0.15) is 5.75 Å². The number of halogens is 1. The second-order valence-electron chi connectivity index (χ2n) is 4.44. The van der Waals surface area contributed by atoms with Gasteiger partial charge in [-0.3, -0.25) is 0 Å². The van der Waals surface area contributed by atoms with Crippen LogP contribution >= 0.6 is 11.6 Å². The molecule has 2 aromatic carbocycles. The topological polar surface area (TPSA) is 21.3 Å². The molecule has 0 spiro atoms. The third kappa shape index (κ3) is 3.49. The largest absolute Gasteiger partial charge is 0.496 e. The molecular formula is C16H18ClNO. The summed E-state index contributed by atoms with van der Waals surface area (Å²) in [5.74, 6) is 0.904. The third-order valence-electron chi connectivity index (χ3n) is 3.16. The van der Waals surface area contributed by atoms with Crippen molar-refractivity contribution in [2.75, 3.05) is 7.11 Å². The summed E-state index contributed by atoms with van der Waals surface area (Å²) in [7, 11) is 1.69. The Bertz CT molecular complexity index is 542. The standard InChI is InChI=1S/C16H18ClNO/c1-12(14-8-4-5-9-15(14)17)18-11-13-7-3-6-10-16(13)19-2/h3-10,12,18H,11H2,1-2H3/t12-/m1/s1. The minimum Gasteiger partial charge on any atom is -0.496 e. The predicted octanol–water partition coefficient (Wildman–Crippen LogP) is 4.20. The number of para-hydroxylation sites is 1. The van der Waals surface area contributed by atoms with Crippen LogP contribution in [-0.2, 0) is 6.54 Å². The summed E-state index contributed by atoms with van der Waals surface area (Å²) in [5.41, 5.74) is 2.25. The summed E-state index contributed by atoms with van der Waals surface area (Å²) >= 11 is 6.19. The van der Waals surface area contributed by atoms with Crippen molar-refractivity contribution in [2.45, 2.75) is 19.5 Å². The Morgan fingerprint density at radius 1 is 1.11 bits per heavy atom. The molecule has 0 radical (unpaired) electrons. The average Bonchev–Trinajstić information content (AvgIpc) is 2.45. The molecule has 0 aliphatic heterocycles. The second kappa shape index (κ2) is 6.60. The van der Waals surface area contributed by atoms with Gasteiger partial charge in [-0.05, 0) is 24.6 Å². The fourth-order valence-corrected chi connectivity index (χ4v) is 2.35. The van der Waals surface area contributed by atoms with Crippen LogP contribution in [0.1, 0.15) is 24.1 Å². The fourth-order valence-electron chi connectivity index (χ4n) is 2.05. The van der Waals surface area contributed by atoms with Crippen molar-refractivity contribution in [2.24, 2.45) is 0 Å². The van der Waals surface area contributed by atoms with Gasteiger partial charge in [-0.2, -0.15) is 0 Å². The molecule has 1 N–H and O–H groups in total. The van der Waals surface area contributed by atoms with E-state index in [1.807, 2.05) is 42.5 Å². The lowest BCUT2D eigenvalue weighted by Crippen LogP contribution is -2.18. The molecule has 2 nitrogen and oxygen atoms in total. The van der Waals surface area contributed by atoms with Gasteiger partial charge in [0.05, 0.1) is 7.11 Å². The van der Waals surface area contributed by atoms with Crippen molar-refractivity contribution in [3.05, 3.63) is 64.7 Å². The van der Waals surface area contributed by atoms with Crippen molar-refractivity contribution in [3.8, 4) is 5.75 Å². The molecule has 0 bridgehead atoms. The lowest BCUT2D eigenvalue weighted by atomic mass is 10.1. The van der Waals surface area contributed by atoms with Crippen LogP contribution in [0.2, 0.25) is 5.02 Å². The van der Waals surface area contributed by atoms with Crippen LogP contribution in [0.15, 0.2) is 48.5 Å². The highest BCUT2D eigenvalue weighted by atomic mass is 35.5. The van der Waals surface area contributed by atoms with Gasteiger partial charge in [0.2, 0.25) is 0 Å². The Hall–Kier alpha value is -1.51. The predicted molar refractivity (Wildman–Crippen MR) is 79.7 cm³/mol. The van der Waals surface area contributed by atoms with Crippen molar-refractivity contribution in [3.63, 3.8) is 0 Å². The first-order valence-electron chi connectivity index (χ1n) is 6.32. The van der Waals surface area contributed by atoms with Gasteiger partial charge < -0.3 is 10.1 Å². The molecule has 3 heteroatoms. The number of ether oxygens (including phenoxy) is 1. The van der Waals surface area contributed by atoms with E-state index in [0.29, 0.717) is 0 Å². The quantitative estimate of drug-likeness (QED) is 0.883. The van der Waals surface area contributed by atoms with Crippen molar-refractivity contribution >= 4 is 11.6 Å². The van der Waals surface area contributed by atoms with Crippen LogP contribution in [0.4, 0.5) is 0 Å². The van der Waals surface area contributed by atoms with Crippen LogP contribution in [0.5, 0.6) is 5.75 Å². The molecule has 0 saturated heterocycles. The normalized spacial score (nSPS) is 12.2. The highest BCUT2D eigenvalue weighted by molar-refractivity contribution is 6.31. The zero-order chi connectivity index (χ0) is 13.7. The zero-order valence-corrected chi connectivity index (χ0v) is 11.9. The van der Waals surface area contributed by atoms with E-state index in [1.54, 1.807) is 7.11 Å². The third-order valence-corrected chi connectivity index (χ3v) is 3.51. The Balaban J connectivity index is 2.04. The summed E-state index contributed by atoms with van der Waals surface area (Å²) in [6.45, 7) is 2.85. The first-order valence-corrected chi connectivity index (χ1v) is 6.70. The van der Waals surface area contributed by atoms with Crippen molar-refractivity contribution < 1.29 is 4.74 Å². The van der Waals surface area contributed by atoms with Crippen molar-refractivity contribution in [1.29, 1.82) is 0 Å². The maximum Gasteiger partial charge on any atom is 0.123 e. The van der Waals surface area contributed by atoms with Crippen LogP contribution in [0.3, 0.4) is 0 Å². The number of methoxy groups -OCH3 is 1. The molecule has 0 aromatic heterocycles. The number of hydrogen-bond donors (Lipinski definition) is 1. The lowest BCUT2D eigenvalue weighted by Gasteiger charge is -2.16. The van der Waals surface area contributed by atoms with Crippen LogP contribution < -0.4 is 10.1 Å². The lowest BCUT2D eigenvalue weighted by molar-refractivity contribution is 0.406. The molecule has 0 heterocycles. The molecule has 0 aliphatic rings. The first-order chi connectivity index (χ1) is 9.22. The molecule has 0 fully saturated rings. The summed E-state index contributed by atoms with van der Waals surface area (Å²) in [4.78, 5) is 0. The van der Waals surface area contributed by atoms with E-state index in [2.05, 4.69) is 18.3 Å².